The highest BCUT2D eigenvalue weighted by Crippen LogP contribution is 2.55. The summed E-state index contributed by atoms with van der Waals surface area (Å²) in [6, 6.07) is 8.15. The highest BCUT2D eigenvalue weighted by Gasteiger charge is 2.63. The van der Waals surface area contributed by atoms with Gasteiger partial charge < -0.3 is 10.1 Å². The molecule has 4 heteroatoms. The summed E-state index contributed by atoms with van der Waals surface area (Å²) in [5.74, 6) is 0.721. The molecule has 0 aliphatic heterocycles. The van der Waals surface area contributed by atoms with Gasteiger partial charge in [-0.2, -0.15) is 5.26 Å². The smallest absolute Gasteiger partial charge is 0.121 e. The van der Waals surface area contributed by atoms with Gasteiger partial charge in [-0.1, -0.05) is 53.1 Å². The van der Waals surface area contributed by atoms with Crippen molar-refractivity contribution in [3.63, 3.8) is 0 Å². The van der Waals surface area contributed by atoms with Crippen LogP contribution in [0.1, 0.15) is 47.1 Å². The molecule has 1 aromatic carbocycles. The van der Waals surface area contributed by atoms with Crippen molar-refractivity contribution in [2.45, 2.75) is 59.7 Å². The fourth-order valence-electron chi connectivity index (χ4n) is 3.99. The van der Waals surface area contributed by atoms with E-state index in [1.54, 1.807) is 12.1 Å². The molecule has 2 rings (SSSR count). The Morgan fingerprint density at radius 1 is 1.23 bits per heavy atom. The van der Waals surface area contributed by atoms with E-state index in [1.807, 2.05) is 6.07 Å². The number of hydrogen-bond acceptors (Lipinski definition) is 3. The molecular formula is C18H25ClN2O. The normalized spacial score (nSPS) is 25.4. The lowest BCUT2D eigenvalue weighted by Crippen LogP contribution is -2.74. The number of nitriles is 1. The summed E-state index contributed by atoms with van der Waals surface area (Å²) >= 11 is 6.10. The van der Waals surface area contributed by atoms with Crippen LogP contribution in [0.2, 0.25) is 5.02 Å². The molecule has 1 N–H and O–H groups in total. The van der Waals surface area contributed by atoms with Crippen molar-refractivity contribution in [2.75, 3.05) is 0 Å². The molecule has 0 radical (unpaired) electrons. The first-order chi connectivity index (χ1) is 10.1. The lowest BCUT2D eigenvalue weighted by molar-refractivity contribution is -0.170. The molecule has 22 heavy (non-hydrogen) atoms. The van der Waals surface area contributed by atoms with Crippen molar-refractivity contribution in [3.05, 3.63) is 28.8 Å². The summed E-state index contributed by atoms with van der Waals surface area (Å²) in [5, 5.41) is 13.0. The lowest BCUT2D eigenvalue weighted by Gasteiger charge is -2.63. The topological polar surface area (TPSA) is 45.0 Å². The molecule has 1 aliphatic carbocycles. The van der Waals surface area contributed by atoms with Gasteiger partial charge in [0.15, 0.2) is 0 Å². The molecule has 0 heterocycles. The average molecular weight is 321 g/mol. The fourth-order valence-corrected chi connectivity index (χ4v) is 4.20. The van der Waals surface area contributed by atoms with E-state index in [-0.39, 0.29) is 16.9 Å². The van der Waals surface area contributed by atoms with Crippen molar-refractivity contribution in [2.24, 2.45) is 10.8 Å². The van der Waals surface area contributed by atoms with Gasteiger partial charge in [0.2, 0.25) is 0 Å². The second kappa shape index (κ2) is 5.76. The zero-order valence-corrected chi connectivity index (χ0v) is 15.0. The molecule has 0 bridgehead atoms. The SMILES string of the molecule is CC(C)NC1C(C)(C)C(Oc2ccc(C#N)c(Cl)c2)C1(C)C. The van der Waals surface area contributed by atoms with Crippen LogP contribution >= 0.6 is 11.6 Å². The van der Waals surface area contributed by atoms with Crippen LogP contribution in [0, 0.1) is 22.2 Å². The van der Waals surface area contributed by atoms with E-state index >= 15 is 0 Å². The van der Waals surface area contributed by atoms with E-state index in [2.05, 4.69) is 52.9 Å². The molecule has 0 aromatic heterocycles. The average Bonchev–Trinajstić information content (AvgIpc) is 2.41. The zero-order chi connectivity index (χ0) is 16.7. The molecule has 1 fully saturated rings. The number of nitrogens with zero attached hydrogens (tertiary/aromatic N) is 1. The minimum Gasteiger partial charge on any atom is -0.489 e. The van der Waals surface area contributed by atoms with Crippen molar-refractivity contribution in [3.8, 4) is 11.8 Å². The zero-order valence-electron chi connectivity index (χ0n) is 14.2. The molecule has 3 nitrogen and oxygen atoms in total. The van der Waals surface area contributed by atoms with Crippen molar-refractivity contribution >= 4 is 11.6 Å². The number of benzene rings is 1. The molecular weight excluding hydrogens is 296 g/mol. The molecule has 0 saturated heterocycles. The second-order valence-corrected chi connectivity index (χ2v) is 8.06. The predicted octanol–water partition coefficient (Wildman–Crippen LogP) is 4.39. The molecule has 0 unspecified atom stereocenters. The minimum atomic E-state index is 0.0220. The van der Waals surface area contributed by atoms with Crippen LogP contribution in [-0.2, 0) is 0 Å². The summed E-state index contributed by atoms with van der Waals surface area (Å²) in [7, 11) is 0. The van der Waals surface area contributed by atoms with Gasteiger partial charge in [-0.3, -0.25) is 0 Å². The van der Waals surface area contributed by atoms with E-state index in [0.29, 0.717) is 22.7 Å². The third-order valence-electron chi connectivity index (χ3n) is 4.65. The highest BCUT2D eigenvalue weighted by atomic mass is 35.5. The molecule has 0 atom stereocenters. The predicted molar refractivity (Wildman–Crippen MR) is 90.2 cm³/mol. The van der Waals surface area contributed by atoms with Crippen LogP contribution in [0.15, 0.2) is 18.2 Å². The van der Waals surface area contributed by atoms with E-state index in [0.717, 1.165) is 5.75 Å². The number of halogens is 1. The molecule has 1 aromatic rings. The number of hydrogen-bond donors (Lipinski definition) is 1. The Morgan fingerprint density at radius 3 is 2.27 bits per heavy atom. The Labute approximate surface area is 138 Å². The van der Waals surface area contributed by atoms with Crippen LogP contribution in [0.5, 0.6) is 5.75 Å². The van der Waals surface area contributed by atoms with Gasteiger partial charge in [0.05, 0.1) is 10.6 Å². The monoisotopic (exact) mass is 320 g/mol. The van der Waals surface area contributed by atoms with Crippen molar-refractivity contribution in [1.29, 1.82) is 5.26 Å². The highest BCUT2D eigenvalue weighted by molar-refractivity contribution is 6.31. The molecule has 1 saturated carbocycles. The fraction of sp³-hybridized carbons (Fsp3) is 0.611. The number of rotatable bonds is 4. The van der Waals surface area contributed by atoms with Crippen LogP contribution in [0.4, 0.5) is 0 Å². The summed E-state index contributed by atoms with van der Waals surface area (Å²) in [6.45, 7) is 13.3. The molecule has 1 aliphatic rings. The molecule has 120 valence electrons. The summed E-state index contributed by atoms with van der Waals surface area (Å²) < 4.78 is 6.24. The quantitative estimate of drug-likeness (QED) is 0.894. The Bertz CT molecular complexity index is 586. The van der Waals surface area contributed by atoms with Gasteiger partial charge in [0, 0.05) is 29.0 Å². The van der Waals surface area contributed by atoms with Crippen LogP contribution < -0.4 is 10.1 Å². The third kappa shape index (κ3) is 2.83. The number of nitrogens with one attached hydrogen (secondary N) is 1. The van der Waals surface area contributed by atoms with Crippen LogP contribution in [0.25, 0.3) is 0 Å². The largest absolute Gasteiger partial charge is 0.489 e. The van der Waals surface area contributed by atoms with Crippen molar-refractivity contribution in [1.82, 2.24) is 5.32 Å². The Balaban J connectivity index is 2.20. The summed E-state index contributed by atoms with van der Waals surface area (Å²) in [4.78, 5) is 0. The second-order valence-electron chi connectivity index (χ2n) is 7.65. The first-order valence-electron chi connectivity index (χ1n) is 7.73. The lowest BCUT2D eigenvalue weighted by atomic mass is 9.49. The van der Waals surface area contributed by atoms with Gasteiger partial charge in [0.25, 0.3) is 0 Å². The summed E-state index contributed by atoms with van der Waals surface area (Å²) in [6.07, 6.45) is 0.0836. The minimum absolute atomic E-state index is 0.0220. The first kappa shape index (κ1) is 17.1. The van der Waals surface area contributed by atoms with Gasteiger partial charge >= 0.3 is 0 Å². The van der Waals surface area contributed by atoms with Gasteiger partial charge in [-0.25, -0.2) is 0 Å². The third-order valence-corrected chi connectivity index (χ3v) is 4.97. The van der Waals surface area contributed by atoms with Gasteiger partial charge in [0.1, 0.15) is 17.9 Å². The van der Waals surface area contributed by atoms with Gasteiger partial charge in [-0.05, 0) is 12.1 Å². The van der Waals surface area contributed by atoms with E-state index < -0.39 is 0 Å². The maximum absolute atomic E-state index is 8.95. The van der Waals surface area contributed by atoms with Gasteiger partial charge in [-0.15, -0.1) is 0 Å². The maximum atomic E-state index is 8.95. The van der Waals surface area contributed by atoms with Crippen LogP contribution in [0.3, 0.4) is 0 Å². The maximum Gasteiger partial charge on any atom is 0.121 e. The Hall–Kier alpha value is -1.24. The Morgan fingerprint density at radius 2 is 1.82 bits per heavy atom. The van der Waals surface area contributed by atoms with E-state index in [9.17, 15) is 0 Å². The first-order valence-corrected chi connectivity index (χ1v) is 8.11. The van der Waals surface area contributed by atoms with E-state index in [4.69, 9.17) is 21.6 Å². The molecule has 0 amide bonds. The van der Waals surface area contributed by atoms with Crippen LogP contribution in [-0.4, -0.2) is 18.2 Å². The Kier molecular flexibility index (Phi) is 4.48. The van der Waals surface area contributed by atoms with Crippen molar-refractivity contribution < 1.29 is 4.74 Å². The van der Waals surface area contributed by atoms with E-state index in [1.165, 1.54) is 0 Å². The summed E-state index contributed by atoms with van der Waals surface area (Å²) in [5.41, 5.74) is 0.517. The standard InChI is InChI=1S/C18H25ClN2O/c1-11(2)21-15-17(3,4)16(18(15,5)6)22-13-8-7-12(10-20)14(19)9-13/h7-9,11,15-16,21H,1-6H3. The molecule has 0 spiro atoms. The number of ether oxygens (including phenoxy) is 1.